The van der Waals surface area contributed by atoms with Gasteiger partial charge in [-0.25, -0.2) is 15.0 Å². The minimum Gasteiger partial charge on any atom is -0.455 e. The highest BCUT2D eigenvalue weighted by Gasteiger charge is 2.35. The minimum absolute atomic E-state index is 0.147. The number of fused-ring (bicyclic) bond motifs is 8. The molecule has 0 atom stereocenters. The molecule has 0 radical (unpaired) electrons. The fourth-order valence-electron chi connectivity index (χ4n) is 8.73. The molecule has 0 saturated heterocycles. The van der Waals surface area contributed by atoms with E-state index >= 15 is 0 Å². The first-order valence-electron chi connectivity index (χ1n) is 19.1. The Morgan fingerprint density at radius 1 is 0.429 bits per heavy atom. The van der Waals surface area contributed by atoms with Crippen molar-refractivity contribution in [2.24, 2.45) is 0 Å². The average Bonchev–Trinajstić information content (AvgIpc) is 3.76. The summed E-state index contributed by atoms with van der Waals surface area (Å²) in [5.74, 6) is 0.687. The normalized spacial score (nSPS) is 13.0. The van der Waals surface area contributed by atoms with E-state index in [1.807, 2.05) is 24.3 Å². The van der Waals surface area contributed by atoms with Gasteiger partial charge in [0.25, 0.3) is 0 Å². The van der Waals surface area contributed by atoms with Crippen molar-refractivity contribution >= 4 is 32.8 Å². The quantitative estimate of drug-likeness (QED) is 0.178. The van der Waals surface area contributed by atoms with Gasteiger partial charge in [0.1, 0.15) is 11.2 Å². The van der Waals surface area contributed by atoms with E-state index in [2.05, 4.69) is 166 Å². The summed E-state index contributed by atoms with van der Waals surface area (Å²) in [5, 5.41) is 3.06. The summed E-state index contributed by atoms with van der Waals surface area (Å²) in [7, 11) is 0. The molecule has 0 amide bonds. The van der Waals surface area contributed by atoms with Crippen LogP contribution in [0.25, 0.3) is 100 Å². The van der Waals surface area contributed by atoms with Gasteiger partial charge in [0.05, 0.1) is 28.0 Å². The summed E-state index contributed by atoms with van der Waals surface area (Å²) < 4.78 is 6.53. The van der Waals surface area contributed by atoms with Gasteiger partial charge in [0, 0.05) is 38.4 Å². The molecule has 56 heavy (non-hydrogen) atoms. The van der Waals surface area contributed by atoms with Crippen LogP contribution in [0, 0.1) is 0 Å². The highest BCUT2D eigenvalue weighted by Crippen LogP contribution is 2.49. The maximum absolute atomic E-state index is 6.53. The Labute approximate surface area is 324 Å². The van der Waals surface area contributed by atoms with Crippen molar-refractivity contribution in [2.45, 2.75) is 19.3 Å². The number of aromatic nitrogens is 3. The van der Waals surface area contributed by atoms with E-state index in [9.17, 15) is 0 Å². The van der Waals surface area contributed by atoms with E-state index in [0.29, 0.717) is 5.82 Å². The summed E-state index contributed by atoms with van der Waals surface area (Å²) in [5.41, 5.74) is 16.5. The van der Waals surface area contributed by atoms with Gasteiger partial charge in [-0.2, -0.15) is 0 Å². The number of nitrogens with zero attached hydrogens (tertiary/aromatic N) is 3. The molecule has 7 aromatic carbocycles. The molecule has 11 rings (SSSR count). The molecule has 1 aliphatic rings. The number of furan rings is 1. The Bertz CT molecular complexity index is 3180. The molecule has 0 aliphatic heterocycles. The first kappa shape index (κ1) is 32.3. The third-order valence-corrected chi connectivity index (χ3v) is 11.5. The molecule has 0 fully saturated rings. The zero-order valence-corrected chi connectivity index (χ0v) is 31.0. The van der Waals surface area contributed by atoms with Crippen molar-refractivity contribution in [1.29, 1.82) is 0 Å². The molecule has 3 aromatic heterocycles. The monoisotopic (exact) mass is 717 g/mol. The van der Waals surface area contributed by atoms with Gasteiger partial charge in [-0.3, -0.25) is 0 Å². The second kappa shape index (κ2) is 12.4. The lowest BCUT2D eigenvalue weighted by Gasteiger charge is -2.22. The van der Waals surface area contributed by atoms with E-state index in [0.717, 1.165) is 83.3 Å². The maximum Gasteiger partial charge on any atom is 0.160 e. The van der Waals surface area contributed by atoms with Crippen LogP contribution in [0.1, 0.15) is 25.0 Å². The molecule has 10 aromatic rings. The molecule has 264 valence electrons. The van der Waals surface area contributed by atoms with Gasteiger partial charge >= 0.3 is 0 Å². The van der Waals surface area contributed by atoms with E-state index in [1.54, 1.807) is 0 Å². The highest BCUT2D eigenvalue weighted by atomic mass is 16.3. The Kier molecular flexibility index (Phi) is 7.17. The van der Waals surface area contributed by atoms with Crippen LogP contribution < -0.4 is 0 Å². The minimum atomic E-state index is -0.147. The Balaban J connectivity index is 1.12. The smallest absolute Gasteiger partial charge is 0.160 e. The van der Waals surface area contributed by atoms with Crippen LogP contribution in [0.4, 0.5) is 0 Å². The lowest BCUT2D eigenvalue weighted by atomic mass is 9.82. The molecule has 0 saturated carbocycles. The number of rotatable bonds is 5. The number of para-hydroxylation sites is 2. The molecule has 0 unspecified atom stereocenters. The van der Waals surface area contributed by atoms with Gasteiger partial charge in [0.2, 0.25) is 0 Å². The first-order chi connectivity index (χ1) is 27.5. The second-order valence-corrected chi connectivity index (χ2v) is 15.2. The van der Waals surface area contributed by atoms with Crippen LogP contribution in [0.5, 0.6) is 0 Å². The number of pyridine rings is 1. The fourth-order valence-corrected chi connectivity index (χ4v) is 8.73. The van der Waals surface area contributed by atoms with Crippen molar-refractivity contribution < 1.29 is 4.42 Å². The lowest BCUT2D eigenvalue weighted by molar-refractivity contribution is 0.660. The summed E-state index contributed by atoms with van der Waals surface area (Å²) >= 11 is 0. The molecule has 1 aliphatic carbocycles. The number of hydrogen-bond donors (Lipinski definition) is 0. The Morgan fingerprint density at radius 2 is 1.09 bits per heavy atom. The van der Waals surface area contributed by atoms with Gasteiger partial charge < -0.3 is 4.42 Å². The third kappa shape index (κ3) is 5.03. The second-order valence-electron chi connectivity index (χ2n) is 15.2. The number of hydrogen-bond acceptors (Lipinski definition) is 4. The van der Waals surface area contributed by atoms with Crippen molar-refractivity contribution in [1.82, 2.24) is 15.0 Å². The van der Waals surface area contributed by atoms with Crippen molar-refractivity contribution in [2.75, 3.05) is 0 Å². The Morgan fingerprint density at radius 3 is 1.96 bits per heavy atom. The third-order valence-electron chi connectivity index (χ3n) is 11.5. The molecule has 0 spiro atoms. The zero-order chi connectivity index (χ0) is 37.4. The van der Waals surface area contributed by atoms with Crippen LogP contribution in [0.3, 0.4) is 0 Å². The van der Waals surface area contributed by atoms with Crippen molar-refractivity contribution in [3.05, 3.63) is 187 Å². The van der Waals surface area contributed by atoms with Crippen molar-refractivity contribution in [3.8, 4) is 67.4 Å². The van der Waals surface area contributed by atoms with Crippen LogP contribution in [0.2, 0.25) is 0 Å². The summed E-state index contributed by atoms with van der Waals surface area (Å²) in [4.78, 5) is 16.0. The van der Waals surface area contributed by atoms with E-state index in [4.69, 9.17) is 19.4 Å². The number of benzene rings is 7. The standard InChI is InChI=1S/C52H35N3O/c1-52(2)42-24-11-8-20-37(42)38-28-27-35(30-43(38)52)51-54-45(31-46(55-51)39-21-7-6-19-36(39)32-15-4-3-5-16-32)33-17-14-18-34(29-33)49-48-41-23-10-13-26-47(41)56-50(48)40-22-9-12-25-44(40)53-49/h3-31H,1-2H3. The van der Waals surface area contributed by atoms with Crippen LogP contribution in [0.15, 0.2) is 180 Å². The predicted octanol–water partition coefficient (Wildman–Crippen LogP) is 13.6. The summed E-state index contributed by atoms with van der Waals surface area (Å²) in [6.45, 7) is 4.62. The van der Waals surface area contributed by atoms with E-state index < -0.39 is 0 Å². The first-order valence-corrected chi connectivity index (χ1v) is 19.1. The molecular weight excluding hydrogens is 683 g/mol. The average molecular weight is 718 g/mol. The SMILES string of the molecule is CC1(C)c2ccccc2-c2ccc(-c3nc(-c4cccc(-c5nc6ccccc6c6oc7ccccc7c56)c4)cc(-c4ccccc4-c4ccccc4)n3)cc21. The van der Waals surface area contributed by atoms with Gasteiger partial charge in [-0.1, -0.05) is 153 Å². The summed E-state index contributed by atoms with van der Waals surface area (Å²) in [6, 6.07) is 61.7. The van der Waals surface area contributed by atoms with Gasteiger partial charge in [0.15, 0.2) is 5.82 Å². The molecule has 0 N–H and O–H groups in total. The van der Waals surface area contributed by atoms with Crippen LogP contribution >= 0.6 is 0 Å². The largest absolute Gasteiger partial charge is 0.455 e. The molecule has 4 heteroatoms. The van der Waals surface area contributed by atoms with Gasteiger partial charge in [-0.15, -0.1) is 0 Å². The molecular formula is C52H35N3O. The lowest BCUT2D eigenvalue weighted by Crippen LogP contribution is -2.15. The van der Waals surface area contributed by atoms with Crippen LogP contribution in [-0.4, -0.2) is 15.0 Å². The van der Waals surface area contributed by atoms with Gasteiger partial charge in [-0.05, 0) is 69.8 Å². The molecule has 0 bridgehead atoms. The maximum atomic E-state index is 6.53. The molecule has 4 nitrogen and oxygen atoms in total. The summed E-state index contributed by atoms with van der Waals surface area (Å²) in [6.07, 6.45) is 0. The highest BCUT2D eigenvalue weighted by molar-refractivity contribution is 6.19. The predicted molar refractivity (Wildman–Crippen MR) is 229 cm³/mol. The van der Waals surface area contributed by atoms with E-state index in [1.165, 1.54) is 22.3 Å². The van der Waals surface area contributed by atoms with Crippen LogP contribution in [-0.2, 0) is 5.41 Å². The zero-order valence-electron chi connectivity index (χ0n) is 31.0. The fraction of sp³-hybridized carbons (Fsp3) is 0.0577. The molecule has 3 heterocycles. The van der Waals surface area contributed by atoms with Crippen molar-refractivity contribution in [3.63, 3.8) is 0 Å². The topological polar surface area (TPSA) is 51.8 Å². The van der Waals surface area contributed by atoms with E-state index in [-0.39, 0.29) is 5.41 Å². The Hall–Kier alpha value is -7.17.